The van der Waals surface area contributed by atoms with E-state index in [1.54, 1.807) is 0 Å². The molecule has 0 aromatic carbocycles. The van der Waals surface area contributed by atoms with Crippen LogP contribution < -0.4 is 5.32 Å². The molecular formula is C16H22N4O. The Labute approximate surface area is 125 Å². The van der Waals surface area contributed by atoms with Gasteiger partial charge in [0, 0.05) is 31.0 Å². The predicted molar refractivity (Wildman–Crippen MR) is 79.4 cm³/mol. The molecule has 0 saturated heterocycles. The van der Waals surface area contributed by atoms with Gasteiger partial charge in [-0.2, -0.15) is 5.26 Å². The van der Waals surface area contributed by atoms with Gasteiger partial charge in [-0.05, 0) is 44.7 Å². The minimum atomic E-state index is -0.615. The summed E-state index contributed by atoms with van der Waals surface area (Å²) in [7, 11) is 0. The third-order valence-corrected chi connectivity index (χ3v) is 4.87. The summed E-state index contributed by atoms with van der Waals surface area (Å²) in [5.41, 5.74) is 0.640. The first-order chi connectivity index (χ1) is 10.1. The molecule has 1 N–H and O–H groups in total. The SMILES string of the molecule is C[C@H]1c2cccn2CCN1CC(=O)NC1(C#N)CCCC1. The van der Waals surface area contributed by atoms with E-state index >= 15 is 0 Å². The van der Waals surface area contributed by atoms with Crippen molar-refractivity contribution in [2.24, 2.45) is 0 Å². The molecule has 0 unspecified atom stereocenters. The summed E-state index contributed by atoms with van der Waals surface area (Å²) >= 11 is 0. The van der Waals surface area contributed by atoms with Crippen LogP contribution in [0.5, 0.6) is 0 Å². The maximum Gasteiger partial charge on any atom is 0.235 e. The maximum atomic E-state index is 12.3. The second-order valence-electron chi connectivity index (χ2n) is 6.22. The van der Waals surface area contributed by atoms with Crippen LogP contribution >= 0.6 is 0 Å². The van der Waals surface area contributed by atoms with Crippen molar-refractivity contribution in [2.45, 2.75) is 50.7 Å². The van der Waals surface area contributed by atoms with Crippen LogP contribution in [0.25, 0.3) is 0 Å². The number of nitriles is 1. The zero-order valence-electron chi connectivity index (χ0n) is 12.5. The molecule has 1 atom stereocenters. The number of nitrogens with one attached hydrogen (secondary N) is 1. The van der Waals surface area contributed by atoms with Gasteiger partial charge >= 0.3 is 0 Å². The first-order valence-electron chi connectivity index (χ1n) is 7.75. The fourth-order valence-electron chi connectivity index (χ4n) is 3.58. The number of carbonyl (C=O) groups excluding carboxylic acids is 1. The molecule has 5 nitrogen and oxygen atoms in total. The fraction of sp³-hybridized carbons (Fsp3) is 0.625. The highest BCUT2D eigenvalue weighted by atomic mass is 16.2. The monoisotopic (exact) mass is 286 g/mol. The van der Waals surface area contributed by atoms with Crippen molar-refractivity contribution in [3.63, 3.8) is 0 Å². The van der Waals surface area contributed by atoms with E-state index in [9.17, 15) is 10.1 Å². The normalized spacial score (nSPS) is 24.3. The van der Waals surface area contributed by atoms with E-state index in [0.717, 1.165) is 38.8 Å². The number of nitrogens with zero attached hydrogens (tertiary/aromatic N) is 3. The molecule has 2 aliphatic rings. The summed E-state index contributed by atoms with van der Waals surface area (Å²) in [5, 5.41) is 12.3. The molecule has 1 aromatic heterocycles. The molecule has 2 heterocycles. The van der Waals surface area contributed by atoms with Gasteiger partial charge in [0.2, 0.25) is 5.91 Å². The molecule has 1 amide bonds. The lowest BCUT2D eigenvalue weighted by Crippen LogP contribution is -2.50. The number of carbonyl (C=O) groups is 1. The highest BCUT2D eigenvalue weighted by Gasteiger charge is 2.36. The zero-order valence-corrected chi connectivity index (χ0v) is 12.5. The third-order valence-electron chi connectivity index (χ3n) is 4.87. The first kappa shape index (κ1) is 14.2. The summed E-state index contributed by atoms with van der Waals surface area (Å²) in [6, 6.07) is 6.72. The molecule has 1 fully saturated rings. The van der Waals surface area contributed by atoms with Crippen LogP contribution in [0, 0.1) is 11.3 Å². The largest absolute Gasteiger partial charge is 0.349 e. The number of hydrogen-bond donors (Lipinski definition) is 1. The lowest BCUT2D eigenvalue weighted by molar-refractivity contribution is -0.124. The van der Waals surface area contributed by atoms with Crippen molar-refractivity contribution in [1.82, 2.24) is 14.8 Å². The van der Waals surface area contributed by atoms with Gasteiger partial charge in [0.05, 0.1) is 12.6 Å². The average molecular weight is 286 g/mol. The Morgan fingerprint density at radius 1 is 1.48 bits per heavy atom. The quantitative estimate of drug-likeness (QED) is 0.922. The van der Waals surface area contributed by atoms with Crippen molar-refractivity contribution in [3.05, 3.63) is 24.0 Å². The minimum Gasteiger partial charge on any atom is -0.349 e. The van der Waals surface area contributed by atoms with Crippen LogP contribution in [0.1, 0.15) is 44.3 Å². The van der Waals surface area contributed by atoms with Gasteiger partial charge < -0.3 is 9.88 Å². The van der Waals surface area contributed by atoms with Crippen molar-refractivity contribution in [2.75, 3.05) is 13.1 Å². The maximum absolute atomic E-state index is 12.3. The fourth-order valence-corrected chi connectivity index (χ4v) is 3.58. The summed E-state index contributed by atoms with van der Waals surface area (Å²) in [6.45, 7) is 4.29. The highest BCUT2D eigenvalue weighted by molar-refractivity contribution is 5.79. The molecule has 5 heteroatoms. The number of fused-ring (bicyclic) bond motifs is 1. The molecule has 0 radical (unpaired) electrons. The molecule has 0 spiro atoms. The van der Waals surface area contributed by atoms with Gasteiger partial charge in [-0.25, -0.2) is 0 Å². The number of aromatic nitrogens is 1. The van der Waals surface area contributed by atoms with Gasteiger partial charge in [-0.3, -0.25) is 9.69 Å². The summed E-state index contributed by atoms with van der Waals surface area (Å²) < 4.78 is 2.24. The molecular weight excluding hydrogens is 264 g/mol. The summed E-state index contributed by atoms with van der Waals surface area (Å²) in [4.78, 5) is 14.5. The van der Waals surface area contributed by atoms with Crippen LogP contribution in [-0.4, -0.2) is 34.0 Å². The van der Waals surface area contributed by atoms with E-state index in [2.05, 4.69) is 46.1 Å². The Morgan fingerprint density at radius 2 is 2.24 bits per heavy atom. The molecule has 1 aliphatic carbocycles. The van der Waals surface area contributed by atoms with E-state index in [4.69, 9.17) is 0 Å². The van der Waals surface area contributed by atoms with Crippen LogP contribution in [0.4, 0.5) is 0 Å². The Morgan fingerprint density at radius 3 is 2.95 bits per heavy atom. The van der Waals surface area contributed by atoms with E-state index in [1.807, 2.05) is 0 Å². The Bertz CT molecular complexity index is 565. The Hall–Kier alpha value is -1.80. The van der Waals surface area contributed by atoms with E-state index in [0.29, 0.717) is 6.54 Å². The van der Waals surface area contributed by atoms with Crippen LogP contribution in [-0.2, 0) is 11.3 Å². The standard InChI is InChI=1S/C16H22N4O/c1-13-14-5-4-8-19(14)9-10-20(13)11-15(21)18-16(12-17)6-2-3-7-16/h4-5,8,13H,2-3,6-7,9-11H2,1H3,(H,18,21)/t13-/m0/s1. The summed E-state index contributed by atoms with van der Waals surface area (Å²) in [6.07, 6.45) is 5.72. The van der Waals surface area contributed by atoms with Crippen LogP contribution in [0.2, 0.25) is 0 Å². The van der Waals surface area contributed by atoms with E-state index in [1.165, 1.54) is 5.69 Å². The highest BCUT2D eigenvalue weighted by Crippen LogP contribution is 2.29. The molecule has 0 bridgehead atoms. The second-order valence-corrected chi connectivity index (χ2v) is 6.22. The third kappa shape index (κ3) is 2.68. The molecule has 1 aromatic rings. The summed E-state index contributed by atoms with van der Waals surface area (Å²) in [5.74, 6) is -0.0229. The number of amides is 1. The van der Waals surface area contributed by atoms with E-state index in [-0.39, 0.29) is 11.9 Å². The van der Waals surface area contributed by atoms with Crippen molar-refractivity contribution in [1.29, 1.82) is 5.26 Å². The van der Waals surface area contributed by atoms with Gasteiger partial charge in [-0.15, -0.1) is 0 Å². The van der Waals surface area contributed by atoms with Gasteiger partial charge in [-0.1, -0.05) is 0 Å². The molecule has 21 heavy (non-hydrogen) atoms. The molecule has 112 valence electrons. The topological polar surface area (TPSA) is 61.1 Å². The minimum absolute atomic E-state index is 0.0229. The molecule has 3 rings (SSSR count). The zero-order chi connectivity index (χ0) is 14.9. The van der Waals surface area contributed by atoms with Gasteiger partial charge in [0.25, 0.3) is 0 Å². The van der Waals surface area contributed by atoms with Gasteiger partial charge in [0.1, 0.15) is 5.54 Å². The van der Waals surface area contributed by atoms with Crippen molar-refractivity contribution >= 4 is 5.91 Å². The molecule has 1 aliphatic heterocycles. The van der Waals surface area contributed by atoms with Gasteiger partial charge in [0.15, 0.2) is 0 Å². The number of hydrogen-bond acceptors (Lipinski definition) is 3. The Kier molecular flexibility index (Phi) is 3.73. The second kappa shape index (κ2) is 5.53. The van der Waals surface area contributed by atoms with Crippen molar-refractivity contribution in [3.8, 4) is 6.07 Å². The van der Waals surface area contributed by atoms with Crippen LogP contribution in [0.3, 0.4) is 0 Å². The first-order valence-corrected chi connectivity index (χ1v) is 7.75. The average Bonchev–Trinajstić information content (AvgIpc) is 3.11. The predicted octanol–water partition coefficient (Wildman–Crippen LogP) is 1.82. The van der Waals surface area contributed by atoms with Crippen LogP contribution in [0.15, 0.2) is 18.3 Å². The lowest BCUT2D eigenvalue weighted by atomic mass is 10.00. The smallest absolute Gasteiger partial charge is 0.235 e. The lowest BCUT2D eigenvalue weighted by Gasteiger charge is -2.35. The van der Waals surface area contributed by atoms with E-state index < -0.39 is 5.54 Å². The number of rotatable bonds is 3. The van der Waals surface area contributed by atoms with Crippen molar-refractivity contribution < 1.29 is 4.79 Å². The Balaban J connectivity index is 1.62. The molecule has 1 saturated carbocycles.